The highest BCUT2D eigenvalue weighted by atomic mass is 31.2. The van der Waals surface area contributed by atoms with Crippen molar-refractivity contribution in [3.8, 4) is 0 Å². The van der Waals surface area contributed by atoms with Crippen LogP contribution < -0.4 is 5.30 Å². The molecular weight excluding hydrogens is 183 g/mol. The molecule has 13 heavy (non-hydrogen) atoms. The van der Waals surface area contributed by atoms with Crippen molar-refractivity contribution in [2.45, 2.75) is 13.8 Å². The molecule has 0 aliphatic rings. The van der Waals surface area contributed by atoms with E-state index in [9.17, 15) is 0 Å². The summed E-state index contributed by atoms with van der Waals surface area (Å²) in [6.45, 7) is 4.00. The Kier molecular flexibility index (Phi) is 7.91. The zero-order chi connectivity index (χ0) is 10.1. The fourth-order valence-electron chi connectivity index (χ4n) is 0.835. The van der Waals surface area contributed by atoms with Gasteiger partial charge in [0.2, 0.25) is 8.38 Å². The molecule has 1 aromatic rings. The van der Waals surface area contributed by atoms with Crippen molar-refractivity contribution in [2.24, 2.45) is 0 Å². The number of hydrogen-bond donors (Lipinski definition) is 0. The van der Waals surface area contributed by atoms with Crippen LogP contribution in [0.15, 0.2) is 30.3 Å². The van der Waals surface area contributed by atoms with E-state index in [1.165, 1.54) is 0 Å². The van der Waals surface area contributed by atoms with Crippen LogP contribution in [0.5, 0.6) is 0 Å². The van der Waals surface area contributed by atoms with Gasteiger partial charge in [0, 0.05) is 19.5 Å². The maximum Gasteiger partial charge on any atom is 0.204 e. The van der Waals surface area contributed by atoms with Gasteiger partial charge in [0.1, 0.15) is 0 Å². The standard InChI is InChI=1S/C8H11O2P.C2H6/c1-9-11(10-2)8-6-4-3-5-7-8;1-2/h3-7H,1-2H3;1-2H3. The lowest BCUT2D eigenvalue weighted by Gasteiger charge is -2.10. The molecule has 0 spiro atoms. The maximum atomic E-state index is 5.13. The summed E-state index contributed by atoms with van der Waals surface area (Å²) in [6.07, 6.45) is 0. The third-order valence-corrected chi connectivity index (χ3v) is 2.68. The van der Waals surface area contributed by atoms with Gasteiger partial charge >= 0.3 is 0 Å². The van der Waals surface area contributed by atoms with Gasteiger partial charge in [-0.25, -0.2) is 0 Å². The second kappa shape index (κ2) is 8.18. The summed E-state index contributed by atoms with van der Waals surface area (Å²) in [4.78, 5) is 0. The van der Waals surface area contributed by atoms with Gasteiger partial charge in [-0.2, -0.15) is 0 Å². The predicted molar refractivity (Wildman–Crippen MR) is 58.4 cm³/mol. The molecule has 0 N–H and O–H groups in total. The lowest BCUT2D eigenvalue weighted by molar-refractivity contribution is 0.350. The Morgan fingerprint density at radius 1 is 0.923 bits per heavy atom. The topological polar surface area (TPSA) is 18.5 Å². The molecule has 74 valence electrons. The molecule has 0 saturated carbocycles. The molecule has 0 atom stereocenters. The van der Waals surface area contributed by atoms with Crippen LogP contribution in [0.4, 0.5) is 0 Å². The minimum atomic E-state index is -0.851. The Morgan fingerprint density at radius 3 is 1.77 bits per heavy atom. The molecular formula is C10H17O2P. The summed E-state index contributed by atoms with van der Waals surface area (Å²) in [5.41, 5.74) is 0. The average molecular weight is 200 g/mol. The second-order valence-corrected chi connectivity index (χ2v) is 3.72. The van der Waals surface area contributed by atoms with Crippen LogP contribution in [-0.2, 0) is 9.05 Å². The summed E-state index contributed by atoms with van der Waals surface area (Å²) in [5.74, 6) is 0. The smallest absolute Gasteiger partial charge is 0.204 e. The zero-order valence-electron chi connectivity index (χ0n) is 8.65. The Morgan fingerprint density at radius 2 is 1.38 bits per heavy atom. The Bertz CT molecular complexity index is 197. The van der Waals surface area contributed by atoms with Crippen molar-refractivity contribution in [3.05, 3.63) is 30.3 Å². The zero-order valence-corrected chi connectivity index (χ0v) is 9.54. The van der Waals surface area contributed by atoms with E-state index < -0.39 is 8.38 Å². The molecule has 0 amide bonds. The van der Waals surface area contributed by atoms with Crippen LogP contribution in [0.1, 0.15) is 13.8 Å². The molecule has 0 aliphatic heterocycles. The molecule has 0 aliphatic carbocycles. The summed E-state index contributed by atoms with van der Waals surface area (Å²) in [7, 11) is 2.46. The van der Waals surface area contributed by atoms with Gasteiger partial charge in [-0.05, 0) is 12.1 Å². The lowest BCUT2D eigenvalue weighted by Crippen LogP contribution is -2.01. The Labute approximate surface area is 81.8 Å². The van der Waals surface area contributed by atoms with Crippen molar-refractivity contribution in [1.82, 2.24) is 0 Å². The summed E-state index contributed by atoms with van der Waals surface area (Å²) in [5, 5.41) is 1.10. The Balaban J connectivity index is 0.000000671. The summed E-state index contributed by atoms with van der Waals surface area (Å²) in [6, 6.07) is 9.92. The van der Waals surface area contributed by atoms with Crippen LogP contribution in [-0.4, -0.2) is 14.2 Å². The molecule has 1 aromatic carbocycles. The third-order valence-electron chi connectivity index (χ3n) is 1.30. The van der Waals surface area contributed by atoms with Crippen LogP contribution in [0.2, 0.25) is 0 Å². The fourth-order valence-corrected chi connectivity index (χ4v) is 1.82. The van der Waals surface area contributed by atoms with Crippen LogP contribution in [0.25, 0.3) is 0 Å². The van der Waals surface area contributed by atoms with Crippen LogP contribution in [0, 0.1) is 0 Å². The monoisotopic (exact) mass is 200 g/mol. The second-order valence-electron chi connectivity index (χ2n) is 1.96. The van der Waals surface area contributed by atoms with Gasteiger partial charge in [-0.3, -0.25) is 0 Å². The molecule has 1 rings (SSSR count). The molecule has 0 aromatic heterocycles. The molecule has 0 unspecified atom stereocenters. The first-order valence-corrected chi connectivity index (χ1v) is 5.49. The van der Waals surface area contributed by atoms with Crippen molar-refractivity contribution in [3.63, 3.8) is 0 Å². The van der Waals surface area contributed by atoms with Crippen molar-refractivity contribution in [1.29, 1.82) is 0 Å². The van der Waals surface area contributed by atoms with E-state index in [-0.39, 0.29) is 0 Å². The maximum absolute atomic E-state index is 5.13. The minimum Gasteiger partial charge on any atom is -0.334 e. The van der Waals surface area contributed by atoms with Crippen molar-refractivity contribution in [2.75, 3.05) is 14.2 Å². The van der Waals surface area contributed by atoms with Gasteiger partial charge in [0.25, 0.3) is 0 Å². The van der Waals surface area contributed by atoms with Crippen molar-refractivity contribution >= 4 is 13.7 Å². The summed E-state index contributed by atoms with van der Waals surface area (Å²) >= 11 is 0. The van der Waals surface area contributed by atoms with Crippen LogP contribution >= 0.6 is 8.38 Å². The lowest BCUT2D eigenvalue weighted by atomic mass is 10.4. The van der Waals surface area contributed by atoms with E-state index in [2.05, 4.69) is 0 Å². The highest BCUT2D eigenvalue weighted by molar-refractivity contribution is 7.55. The highest BCUT2D eigenvalue weighted by Gasteiger charge is 2.07. The van der Waals surface area contributed by atoms with Gasteiger partial charge in [-0.1, -0.05) is 32.0 Å². The minimum absolute atomic E-state index is 0.851. The predicted octanol–water partition coefficient (Wildman–Crippen LogP) is 2.94. The van der Waals surface area contributed by atoms with E-state index in [1.807, 2.05) is 44.2 Å². The van der Waals surface area contributed by atoms with E-state index in [4.69, 9.17) is 9.05 Å². The number of rotatable bonds is 3. The van der Waals surface area contributed by atoms with Gasteiger partial charge < -0.3 is 9.05 Å². The van der Waals surface area contributed by atoms with E-state index in [0.29, 0.717) is 0 Å². The van der Waals surface area contributed by atoms with E-state index in [1.54, 1.807) is 14.2 Å². The molecule has 0 heterocycles. The summed E-state index contributed by atoms with van der Waals surface area (Å²) < 4.78 is 10.3. The quantitative estimate of drug-likeness (QED) is 0.698. The normalized spacial score (nSPS) is 9.31. The first-order valence-electron chi connectivity index (χ1n) is 4.32. The van der Waals surface area contributed by atoms with E-state index >= 15 is 0 Å². The SMILES string of the molecule is CC.COP(OC)c1ccccc1. The highest BCUT2D eigenvalue weighted by Crippen LogP contribution is 2.34. The number of benzene rings is 1. The van der Waals surface area contributed by atoms with Crippen molar-refractivity contribution < 1.29 is 9.05 Å². The third kappa shape index (κ3) is 4.37. The molecule has 0 radical (unpaired) electrons. The molecule has 2 nitrogen and oxygen atoms in total. The molecule has 0 bridgehead atoms. The molecule has 0 fully saturated rings. The molecule has 0 saturated heterocycles. The molecule has 3 heteroatoms. The van der Waals surface area contributed by atoms with E-state index in [0.717, 1.165) is 5.30 Å². The first kappa shape index (κ1) is 12.6. The largest absolute Gasteiger partial charge is 0.334 e. The van der Waals surface area contributed by atoms with Crippen LogP contribution in [0.3, 0.4) is 0 Å². The number of hydrogen-bond acceptors (Lipinski definition) is 2. The van der Waals surface area contributed by atoms with Gasteiger partial charge in [-0.15, -0.1) is 0 Å². The fraction of sp³-hybridized carbons (Fsp3) is 0.400. The first-order chi connectivity index (χ1) is 6.38. The van der Waals surface area contributed by atoms with Gasteiger partial charge in [0.15, 0.2) is 0 Å². The Hall–Kier alpha value is -0.430. The average Bonchev–Trinajstić information content (AvgIpc) is 2.24. The van der Waals surface area contributed by atoms with Gasteiger partial charge in [0.05, 0.1) is 0 Å².